The van der Waals surface area contributed by atoms with Gasteiger partial charge in [-0.1, -0.05) is 35.2 Å². The van der Waals surface area contributed by atoms with E-state index in [-0.39, 0.29) is 11.7 Å². The third-order valence-electron chi connectivity index (χ3n) is 3.99. The molecule has 0 saturated carbocycles. The van der Waals surface area contributed by atoms with Crippen molar-refractivity contribution < 1.29 is 9.53 Å². The lowest BCUT2D eigenvalue weighted by atomic mass is 10.3. The number of aromatic nitrogens is 5. The van der Waals surface area contributed by atoms with Crippen LogP contribution < -0.4 is 10.1 Å². The van der Waals surface area contributed by atoms with E-state index < -0.39 is 0 Å². The molecule has 4 aromatic rings. The highest BCUT2D eigenvalue weighted by molar-refractivity contribution is 8.00. The van der Waals surface area contributed by atoms with Crippen LogP contribution in [0, 0.1) is 0 Å². The molecule has 2 aromatic heterocycles. The van der Waals surface area contributed by atoms with E-state index in [4.69, 9.17) is 4.74 Å². The van der Waals surface area contributed by atoms with Crippen LogP contribution in [0.15, 0.2) is 66.0 Å². The lowest BCUT2D eigenvalue weighted by molar-refractivity contribution is -0.113. The zero-order valence-corrected chi connectivity index (χ0v) is 16.5. The normalized spacial score (nSPS) is 10.8. The Hall–Kier alpha value is -3.46. The summed E-state index contributed by atoms with van der Waals surface area (Å²) in [7, 11) is 0. The topological polar surface area (TPSA) is 94.8 Å². The second-order valence-electron chi connectivity index (χ2n) is 5.98. The molecule has 0 fully saturated rings. The maximum absolute atomic E-state index is 12.3. The van der Waals surface area contributed by atoms with Crippen LogP contribution in [0.3, 0.4) is 0 Å². The highest BCUT2D eigenvalue weighted by Crippen LogP contribution is 2.24. The molecule has 0 aliphatic heterocycles. The Kier molecular flexibility index (Phi) is 5.66. The summed E-state index contributed by atoms with van der Waals surface area (Å²) in [5.74, 6) is 0.823. The molecule has 0 aliphatic carbocycles. The van der Waals surface area contributed by atoms with Gasteiger partial charge >= 0.3 is 0 Å². The van der Waals surface area contributed by atoms with Gasteiger partial charge in [0.2, 0.25) is 5.91 Å². The zero-order chi connectivity index (χ0) is 20.1. The Balaban J connectivity index is 1.44. The molecule has 146 valence electrons. The number of thioether (sulfide) groups is 1. The van der Waals surface area contributed by atoms with Crippen molar-refractivity contribution in [1.29, 1.82) is 0 Å². The van der Waals surface area contributed by atoms with Crippen molar-refractivity contribution in [3.05, 3.63) is 60.9 Å². The van der Waals surface area contributed by atoms with Gasteiger partial charge < -0.3 is 10.1 Å². The van der Waals surface area contributed by atoms with Gasteiger partial charge in [-0.3, -0.25) is 4.79 Å². The number of hydrogen-bond acceptors (Lipinski definition) is 7. The van der Waals surface area contributed by atoms with Gasteiger partial charge in [-0.25, -0.2) is 9.97 Å². The largest absolute Gasteiger partial charge is 0.494 e. The standard InChI is InChI=1S/C20H18N6O2S/c1-2-28-16-10-8-14(9-11-16)23-17(27)12-29-20-18-19(21-13-22-20)26(25-24-18)15-6-4-3-5-7-15/h3-11,13H,2,12H2,1H3,(H,23,27). The van der Waals surface area contributed by atoms with Gasteiger partial charge in [0, 0.05) is 5.69 Å². The number of hydrogen-bond donors (Lipinski definition) is 1. The van der Waals surface area contributed by atoms with E-state index >= 15 is 0 Å². The van der Waals surface area contributed by atoms with Crippen molar-refractivity contribution in [2.75, 3.05) is 17.7 Å². The van der Waals surface area contributed by atoms with E-state index in [1.54, 1.807) is 4.68 Å². The number of ether oxygens (including phenoxy) is 1. The second-order valence-corrected chi connectivity index (χ2v) is 6.95. The van der Waals surface area contributed by atoms with E-state index in [2.05, 4.69) is 25.6 Å². The third-order valence-corrected chi connectivity index (χ3v) is 4.97. The number of nitrogens with one attached hydrogen (secondary N) is 1. The number of benzene rings is 2. The van der Waals surface area contributed by atoms with Gasteiger partial charge in [0.15, 0.2) is 11.2 Å². The maximum Gasteiger partial charge on any atom is 0.234 e. The van der Waals surface area contributed by atoms with Crippen molar-refractivity contribution in [3.63, 3.8) is 0 Å². The van der Waals surface area contributed by atoms with E-state index in [0.717, 1.165) is 11.4 Å². The maximum atomic E-state index is 12.3. The van der Waals surface area contributed by atoms with Gasteiger partial charge in [-0.2, -0.15) is 4.68 Å². The van der Waals surface area contributed by atoms with Crippen LogP contribution in [-0.2, 0) is 4.79 Å². The molecule has 29 heavy (non-hydrogen) atoms. The number of rotatable bonds is 7. The van der Waals surface area contributed by atoms with Crippen LogP contribution in [0.2, 0.25) is 0 Å². The molecule has 2 aromatic carbocycles. The quantitative estimate of drug-likeness (QED) is 0.371. The van der Waals surface area contributed by atoms with Gasteiger partial charge in [-0.15, -0.1) is 5.10 Å². The molecule has 0 spiro atoms. The fourth-order valence-corrected chi connectivity index (χ4v) is 3.44. The lowest BCUT2D eigenvalue weighted by Gasteiger charge is -2.07. The molecular formula is C20H18N6O2S. The van der Waals surface area contributed by atoms with Crippen molar-refractivity contribution >= 4 is 34.5 Å². The number of para-hydroxylation sites is 1. The molecule has 0 atom stereocenters. The molecule has 1 N–H and O–H groups in total. The summed E-state index contributed by atoms with van der Waals surface area (Å²) < 4.78 is 7.05. The van der Waals surface area contributed by atoms with Crippen LogP contribution >= 0.6 is 11.8 Å². The zero-order valence-electron chi connectivity index (χ0n) is 15.6. The van der Waals surface area contributed by atoms with Crippen LogP contribution in [0.4, 0.5) is 5.69 Å². The first-order valence-electron chi connectivity index (χ1n) is 9.02. The average molecular weight is 406 g/mol. The Labute approximate surface area is 171 Å². The minimum absolute atomic E-state index is 0.138. The van der Waals surface area contributed by atoms with E-state index in [9.17, 15) is 4.79 Å². The van der Waals surface area contributed by atoms with Crippen molar-refractivity contribution in [3.8, 4) is 11.4 Å². The van der Waals surface area contributed by atoms with Crippen LogP contribution in [0.5, 0.6) is 5.75 Å². The van der Waals surface area contributed by atoms with Crippen molar-refractivity contribution in [2.24, 2.45) is 0 Å². The first-order valence-corrected chi connectivity index (χ1v) is 10.0. The molecule has 2 heterocycles. The van der Waals surface area contributed by atoms with Crippen LogP contribution in [-0.4, -0.2) is 43.2 Å². The Morgan fingerprint density at radius 3 is 2.66 bits per heavy atom. The predicted octanol–water partition coefficient (Wildman–Crippen LogP) is 3.34. The van der Waals surface area contributed by atoms with E-state index in [1.807, 2.05) is 61.5 Å². The molecule has 0 unspecified atom stereocenters. The molecule has 4 rings (SSSR count). The fourth-order valence-electron chi connectivity index (χ4n) is 2.71. The summed E-state index contributed by atoms with van der Waals surface area (Å²) in [5, 5.41) is 11.9. The predicted molar refractivity (Wildman–Crippen MR) is 111 cm³/mol. The highest BCUT2D eigenvalue weighted by atomic mass is 32.2. The number of fused-ring (bicyclic) bond motifs is 1. The SMILES string of the molecule is CCOc1ccc(NC(=O)CSc2ncnc3c2nnn3-c2ccccc2)cc1. The smallest absolute Gasteiger partial charge is 0.234 e. The first-order chi connectivity index (χ1) is 14.2. The van der Waals surface area contributed by atoms with Crippen LogP contribution in [0.25, 0.3) is 16.9 Å². The fraction of sp³-hybridized carbons (Fsp3) is 0.150. The molecule has 0 saturated heterocycles. The number of amides is 1. The number of carbonyl (C=O) groups is 1. The lowest BCUT2D eigenvalue weighted by Crippen LogP contribution is -2.14. The Morgan fingerprint density at radius 2 is 1.90 bits per heavy atom. The van der Waals surface area contributed by atoms with Crippen molar-refractivity contribution in [2.45, 2.75) is 11.9 Å². The van der Waals surface area contributed by atoms with Gasteiger partial charge in [-0.05, 0) is 43.3 Å². The minimum atomic E-state index is -0.138. The molecule has 1 amide bonds. The number of carbonyl (C=O) groups excluding carboxylic acids is 1. The molecule has 0 radical (unpaired) electrons. The highest BCUT2D eigenvalue weighted by Gasteiger charge is 2.14. The average Bonchev–Trinajstić information content (AvgIpc) is 3.19. The second kappa shape index (κ2) is 8.70. The summed E-state index contributed by atoms with van der Waals surface area (Å²) in [4.78, 5) is 20.9. The van der Waals surface area contributed by atoms with Gasteiger partial charge in [0.1, 0.15) is 17.1 Å². The summed E-state index contributed by atoms with van der Waals surface area (Å²) in [6.45, 7) is 2.53. The number of nitrogens with zero attached hydrogens (tertiary/aromatic N) is 5. The summed E-state index contributed by atoms with van der Waals surface area (Å²) in [6.07, 6.45) is 1.46. The summed E-state index contributed by atoms with van der Waals surface area (Å²) in [5.41, 5.74) is 2.73. The third kappa shape index (κ3) is 4.35. The van der Waals surface area contributed by atoms with Gasteiger partial charge in [0.05, 0.1) is 18.0 Å². The van der Waals surface area contributed by atoms with E-state index in [0.29, 0.717) is 28.5 Å². The number of anilines is 1. The Morgan fingerprint density at radius 1 is 1.10 bits per heavy atom. The van der Waals surface area contributed by atoms with Gasteiger partial charge in [0.25, 0.3) is 0 Å². The molecule has 9 heteroatoms. The molecular weight excluding hydrogens is 388 g/mol. The van der Waals surface area contributed by atoms with Crippen molar-refractivity contribution in [1.82, 2.24) is 25.0 Å². The summed E-state index contributed by atoms with van der Waals surface area (Å²) >= 11 is 1.29. The van der Waals surface area contributed by atoms with E-state index in [1.165, 1.54) is 18.1 Å². The Bertz CT molecular complexity index is 1110. The monoisotopic (exact) mass is 406 g/mol. The summed E-state index contributed by atoms with van der Waals surface area (Å²) in [6, 6.07) is 16.9. The molecule has 8 nitrogen and oxygen atoms in total. The minimum Gasteiger partial charge on any atom is -0.494 e. The molecule has 0 bridgehead atoms. The first kappa shape index (κ1) is 18.9. The molecule has 0 aliphatic rings. The van der Waals surface area contributed by atoms with Crippen LogP contribution in [0.1, 0.15) is 6.92 Å².